The summed E-state index contributed by atoms with van der Waals surface area (Å²) < 4.78 is 8.50. The molecule has 2 N–H and O–H groups in total. The normalized spacial score (nSPS) is 13.6. The van der Waals surface area contributed by atoms with Gasteiger partial charge in [0.1, 0.15) is 38.1 Å². The average molecular weight is 657 g/mol. The predicted octanol–water partition coefficient (Wildman–Crippen LogP) is 3.84. The van der Waals surface area contributed by atoms with Gasteiger partial charge in [-0.3, -0.25) is 9.80 Å². The van der Waals surface area contributed by atoms with Crippen molar-refractivity contribution in [1.29, 1.82) is 0 Å². The second-order valence-electron chi connectivity index (χ2n) is 7.87. The van der Waals surface area contributed by atoms with Crippen molar-refractivity contribution in [2.24, 2.45) is 7.05 Å². The van der Waals surface area contributed by atoms with Crippen LogP contribution in [0.15, 0.2) is 71.4 Å². The van der Waals surface area contributed by atoms with Crippen molar-refractivity contribution in [2.75, 3.05) is 34.3 Å². The highest BCUT2D eigenvalue weighted by Gasteiger charge is 2.23. The Morgan fingerprint density at radius 2 is 1.97 bits per heavy atom. The number of carbonyl (C=O) groups is 1. The lowest BCUT2D eigenvalue weighted by Crippen LogP contribution is -2.23. The second-order valence-corrected chi connectivity index (χ2v) is 11.8. The standard InChI is InChI=1S/C22H25IN8O2S3/c1-29(2)11-12-33-14-5-7-15(8-6-14)34-16-9-10-17(35-22-27-24-13-30(22)3)25-18(16)20(32)26-21-19(23)31(4)28-36-21/h5-10,13,28H,11-12H2,1-4H3,(H,26,32). The molecule has 3 heterocycles. The van der Waals surface area contributed by atoms with Crippen molar-refractivity contribution >= 4 is 64.0 Å². The molecule has 0 radical (unpaired) electrons. The molecule has 0 fully saturated rings. The third-order valence-electron chi connectivity index (χ3n) is 4.77. The number of nitrogens with one attached hydrogen (secondary N) is 2. The molecule has 14 heteroatoms. The highest BCUT2D eigenvalue weighted by Crippen LogP contribution is 2.34. The van der Waals surface area contributed by atoms with Crippen molar-refractivity contribution in [3.8, 4) is 5.75 Å². The van der Waals surface area contributed by atoms with Crippen molar-refractivity contribution in [3.63, 3.8) is 0 Å². The Morgan fingerprint density at radius 1 is 1.19 bits per heavy atom. The predicted molar refractivity (Wildman–Crippen MR) is 151 cm³/mol. The Hall–Kier alpha value is -1.98. The monoisotopic (exact) mass is 656 g/mol. The van der Waals surface area contributed by atoms with Crippen LogP contribution in [0.2, 0.25) is 0 Å². The van der Waals surface area contributed by atoms with Crippen molar-refractivity contribution in [2.45, 2.75) is 20.0 Å². The number of benzene rings is 1. The van der Waals surface area contributed by atoms with Gasteiger partial charge < -0.3 is 19.5 Å². The Bertz CT molecular complexity index is 1250. The number of halogens is 1. The van der Waals surface area contributed by atoms with Crippen LogP contribution < -0.4 is 14.9 Å². The lowest BCUT2D eigenvalue weighted by atomic mass is 10.3. The van der Waals surface area contributed by atoms with Crippen LogP contribution >= 0.6 is 58.1 Å². The molecule has 190 valence electrons. The number of amides is 1. The fraction of sp³-hybridized carbons (Fsp3) is 0.273. The maximum atomic E-state index is 13.4. The summed E-state index contributed by atoms with van der Waals surface area (Å²) in [6.45, 7) is 1.47. The first-order valence-electron chi connectivity index (χ1n) is 10.8. The first-order chi connectivity index (χ1) is 17.3. The summed E-state index contributed by atoms with van der Waals surface area (Å²) in [4.78, 5) is 25.0. The van der Waals surface area contributed by atoms with Crippen LogP contribution in [-0.4, -0.2) is 69.9 Å². The molecular formula is C22H25IN8O2S3. The third kappa shape index (κ3) is 7.07. The van der Waals surface area contributed by atoms with Gasteiger partial charge in [0, 0.05) is 30.4 Å². The van der Waals surface area contributed by atoms with Crippen LogP contribution in [0.25, 0.3) is 0 Å². The number of hydrogen-bond donors (Lipinski definition) is 2. The summed E-state index contributed by atoms with van der Waals surface area (Å²) in [5.41, 5.74) is 0.338. The zero-order chi connectivity index (χ0) is 25.7. The molecule has 1 aromatic carbocycles. The molecule has 36 heavy (non-hydrogen) atoms. The van der Waals surface area contributed by atoms with Crippen LogP contribution in [0.5, 0.6) is 5.75 Å². The quantitative estimate of drug-likeness (QED) is 0.189. The van der Waals surface area contributed by atoms with Crippen LogP contribution in [0.4, 0.5) is 0 Å². The summed E-state index contributed by atoms with van der Waals surface area (Å²) in [7, 11) is 7.78. The Labute approximate surface area is 236 Å². The summed E-state index contributed by atoms with van der Waals surface area (Å²) >= 11 is 6.37. The number of hydrazine groups is 1. The van der Waals surface area contributed by atoms with E-state index in [1.807, 2.05) is 69.6 Å². The first kappa shape index (κ1) is 27.1. The van der Waals surface area contributed by atoms with Crippen molar-refractivity contribution in [3.05, 3.63) is 57.2 Å². The summed E-state index contributed by atoms with van der Waals surface area (Å²) in [5.74, 6) is 0.527. The van der Waals surface area contributed by atoms with E-state index in [4.69, 9.17) is 9.72 Å². The number of aromatic nitrogens is 4. The molecule has 10 nitrogen and oxygen atoms in total. The molecule has 0 aliphatic carbocycles. The van der Waals surface area contributed by atoms with E-state index in [-0.39, 0.29) is 5.91 Å². The lowest BCUT2D eigenvalue weighted by molar-refractivity contribution is 0.0960. The number of rotatable bonds is 10. The maximum absolute atomic E-state index is 13.4. The molecule has 0 bridgehead atoms. The SMILES string of the molecule is CN(C)CCOc1ccc(Sc2ccc(Sc3nncn3C)nc2C(=O)NC2=C(I)N(C)NS2)cc1. The topological polar surface area (TPSA) is 100 Å². The van der Waals surface area contributed by atoms with E-state index in [1.165, 1.54) is 35.5 Å². The molecule has 0 saturated carbocycles. The van der Waals surface area contributed by atoms with Crippen molar-refractivity contribution in [1.82, 2.24) is 39.8 Å². The van der Waals surface area contributed by atoms with Gasteiger partial charge in [-0.25, -0.2) is 4.98 Å². The smallest absolute Gasteiger partial charge is 0.275 e. The van der Waals surface area contributed by atoms with Gasteiger partial charge in [-0.05, 0) is 96.8 Å². The molecule has 1 amide bonds. The highest BCUT2D eigenvalue weighted by molar-refractivity contribution is 14.1. The third-order valence-corrected chi connectivity index (χ3v) is 9.31. The number of pyridine rings is 1. The van der Waals surface area contributed by atoms with E-state index in [0.29, 0.717) is 22.5 Å². The number of aryl methyl sites for hydroxylation is 1. The number of hydrogen-bond acceptors (Lipinski definition) is 11. The van der Waals surface area contributed by atoms with Crippen LogP contribution in [0.3, 0.4) is 0 Å². The number of nitrogens with zero attached hydrogens (tertiary/aromatic N) is 6. The summed E-state index contributed by atoms with van der Waals surface area (Å²) in [5, 5.41) is 14.9. The Kier molecular flexibility index (Phi) is 9.41. The van der Waals surface area contributed by atoms with E-state index in [0.717, 1.165) is 30.8 Å². The van der Waals surface area contributed by atoms with Crippen LogP contribution in [0.1, 0.15) is 10.5 Å². The molecule has 3 aromatic rings. The Balaban J connectivity index is 1.55. The van der Waals surface area contributed by atoms with Crippen molar-refractivity contribution < 1.29 is 9.53 Å². The number of likely N-dealkylation sites (N-methyl/N-ethyl adjacent to an activating group) is 1. The summed E-state index contributed by atoms with van der Waals surface area (Å²) in [6.07, 6.45) is 1.63. The van der Waals surface area contributed by atoms with Gasteiger partial charge in [-0.15, -0.1) is 10.2 Å². The molecule has 4 rings (SSSR count). The van der Waals surface area contributed by atoms with Gasteiger partial charge in [0.15, 0.2) is 5.16 Å². The molecule has 0 unspecified atom stereocenters. The van der Waals surface area contributed by atoms with Gasteiger partial charge in [0.05, 0.1) is 0 Å². The molecule has 2 aromatic heterocycles. The van der Waals surface area contributed by atoms with E-state index in [1.54, 1.807) is 10.9 Å². The fourth-order valence-corrected chi connectivity index (χ4v) is 5.92. The zero-order valence-electron chi connectivity index (χ0n) is 20.1. The average Bonchev–Trinajstić information content (AvgIpc) is 3.40. The minimum Gasteiger partial charge on any atom is -0.492 e. The largest absolute Gasteiger partial charge is 0.492 e. The van der Waals surface area contributed by atoms with Gasteiger partial charge in [-0.1, -0.05) is 11.8 Å². The molecule has 0 atom stereocenters. The molecule has 1 aliphatic heterocycles. The van der Waals surface area contributed by atoms with Gasteiger partial charge >= 0.3 is 0 Å². The zero-order valence-corrected chi connectivity index (χ0v) is 24.7. The van der Waals surface area contributed by atoms with E-state index in [9.17, 15) is 4.79 Å². The molecular weight excluding hydrogens is 631 g/mol. The van der Waals surface area contributed by atoms with E-state index < -0.39 is 0 Å². The molecule has 0 saturated heterocycles. The minimum absolute atomic E-state index is 0.282. The second kappa shape index (κ2) is 12.5. The maximum Gasteiger partial charge on any atom is 0.275 e. The van der Waals surface area contributed by atoms with E-state index >= 15 is 0 Å². The van der Waals surface area contributed by atoms with Crippen LogP contribution in [-0.2, 0) is 7.05 Å². The molecule has 0 spiro atoms. The van der Waals surface area contributed by atoms with Gasteiger partial charge in [0.2, 0.25) is 0 Å². The van der Waals surface area contributed by atoms with Crippen LogP contribution in [0, 0.1) is 0 Å². The summed E-state index contributed by atoms with van der Waals surface area (Å²) in [6, 6.07) is 11.6. The number of carbonyl (C=O) groups excluding carboxylic acids is 1. The highest BCUT2D eigenvalue weighted by atomic mass is 127. The fourth-order valence-electron chi connectivity index (χ4n) is 2.85. The molecule has 1 aliphatic rings. The number of ether oxygens (including phenoxy) is 1. The van der Waals surface area contributed by atoms with Gasteiger partial charge in [0.25, 0.3) is 5.91 Å². The van der Waals surface area contributed by atoms with Gasteiger partial charge in [-0.2, -0.15) is 4.83 Å². The Morgan fingerprint density at radius 3 is 2.61 bits per heavy atom. The minimum atomic E-state index is -0.282. The first-order valence-corrected chi connectivity index (χ1v) is 14.3. The lowest BCUT2D eigenvalue weighted by Gasteiger charge is -2.12. The van der Waals surface area contributed by atoms with E-state index in [2.05, 4.69) is 47.8 Å².